The molecule has 0 unspecified atom stereocenters. The third kappa shape index (κ3) is 2.40. The van der Waals surface area contributed by atoms with Gasteiger partial charge in [0, 0.05) is 11.1 Å². The van der Waals surface area contributed by atoms with Crippen molar-refractivity contribution >= 4 is 11.6 Å². The Morgan fingerprint density at radius 1 is 1.28 bits per heavy atom. The highest BCUT2D eigenvalue weighted by Crippen LogP contribution is 2.45. The Morgan fingerprint density at radius 3 is 2.80 bits per heavy atom. The minimum absolute atomic E-state index is 0.246. The minimum Gasteiger partial charge on any atom is -0.481 e. The fourth-order valence-electron chi connectivity index (χ4n) is 3.07. The van der Waals surface area contributed by atoms with E-state index in [4.69, 9.17) is 22.8 Å². The number of aromatic amines is 1. The molecule has 0 saturated carbocycles. The summed E-state index contributed by atoms with van der Waals surface area (Å²) in [4.78, 5) is 7.81. The van der Waals surface area contributed by atoms with E-state index >= 15 is 0 Å². The maximum absolute atomic E-state index is 14.3. The first-order valence-corrected chi connectivity index (χ1v) is 8.13. The second-order valence-corrected chi connectivity index (χ2v) is 6.78. The predicted octanol–water partition coefficient (Wildman–Crippen LogP) is 5.15. The standard InChI is InChI=1S/C20H14ClFN2O/c1-4-11-8-9-12-15(10-11)25-20(2,3)18-17(12)23-19(24-18)16-13(21)6-5-7-14(16)22/h1,5-10H,2-3H3,(H,23,24). The molecule has 0 bridgehead atoms. The fraction of sp³-hybridized carbons (Fsp3) is 0.150. The van der Waals surface area contributed by atoms with Gasteiger partial charge in [0.05, 0.1) is 16.3 Å². The van der Waals surface area contributed by atoms with Crippen LogP contribution in [0.15, 0.2) is 36.4 Å². The lowest BCUT2D eigenvalue weighted by Crippen LogP contribution is -2.29. The molecule has 4 rings (SSSR count). The molecular formula is C20H14ClFN2O. The number of imidazole rings is 1. The number of nitrogens with one attached hydrogen (secondary N) is 1. The molecule has 0 fully saturated rings. The van der Waals surface area contributed by atoms with Gasteiger partial charge in [-0.2, -0.15) is 0 Å². The number of fused-ring (bicyclic) bond motifs is 3. The first-order valence-electron chi connectivity index (χ1n) is 7.75. The Labute approximate surface area is 149 Å². The normalized spacial score (nSPS) is 14.2. The summed E-state index contributed by atoms with van der Waals surface area (Å²) in [7, 11) is 0. The summed E-state index contributed by atoms with van der Waals surface area (Å²) < 4.78 is 20.4. The van der Waals surface area contributed by atoms with Gasteiger partial charge in [-0.05, 0) is 44.2 Å². The van der Waals surface area contributed by atoms with Crippen LogP contribution in [0.4, 0.5) is 4.39 Å². The summed E-state index contributed by atoms with van der Waals surface area (Å²) in [6.45, 7) is 3.82. The highest BCUT2D eigenvalue weighted by Gasteiger charge is 2.36. The van der Waals surface area contributed by atoms with E-state index in [2.05, 4.69) is 15.9 Å². The van der Waals surface area contributed by atoms with Gasteiger partial charge in [0.1, 0.15) is 28.7 Å². The van der Waals surface area contributed by atoms with Crippen LogP contribution in [-0.2, 0) is 5.60 Å². The van der Waals surface area contributed by atoms with Crippen molar-refractivity contribution in [3.8, 4) is 40.7 Å². The number of H-pyrrole nitrogens is 1. The predicted molar refractivity (Wildman–Crippen MR) is 96.0 cm³/mol. The number of hydrogen-bond acceptors (Lipinski definition) is 2. The van der Waals surface area contributed by atoms with Crippen LogP contribution >= 0.6 is 11.6 Å². The first kappa shape index (κ1) is 15.7. The van der Waals surface area contributed by atoms with Crippen LogP contribution in [0.1, 0.15) is 25.1 Å². The van der Waals surface area contributed by atoms with E-state index in [1.807, 2.05) is 32.0 Å². The third-order valence-corrected chi connectivity index (χ3v) is 4.57. The van der Waals surface area contributed by atoms with Crippen LogP contribution in [0.25, 0.3) is 22.6 Å². The van der Waals surface area contributed by atoms with Gasteiger partial charge in [-0.1, -0.05) is 23.6 Å². The molecular weight excluding hydrogens is 339 g/mol. The molecule has 0 aliphatic carbocycles. The van der Waals surface area contributed by atoms with Crippen LogP contribution < -0.4 is 4.74 Å². The summed E-state index contributed by atoms with van der Waals surface area (Å²) in [6.07, 6.45) is 5.48. The van der Waals surface area contributed by atoms with Gasteiger partial charge < -0.3 is 9.72 Å². The monoisotopic (exact) mass is 352 g/mol. The molecule has 0 atom stereocenters. The summed E-state index contributed by atoms with van der Waals surface area (Å²) in [6, 6.07) is 10.1. The first-order chi connectivity index (χ1) is 11.9. The number of rotatable bonds is 1. The molecule has 1 aliphatic rings. The van der Waals surface area contributed by atoms with Gasteiger partial charge in [-0.25, -0.2) is 9.37 Å². The summed E-state index contributed by atoms with van der Waals surface area (Å²) in [5, 5.41) is 0.299. The van der Waals surface area contributed by atoms with Crippen molar-refractivity contribution in [1.82, 2.24) is 9.97 Å². The Kier molecular flexibility index (Phi) is 3.38. The van der Waals surface area contributed by atoms with E-state index in [-0.39, 0.29) is 5.56 Å². The maximum atomic E-state index is 14.3. The molecule has 0 spiro atoms. The molecule has 0 saturated heterocycles. The summed E-state index contributed by atoms with van der Waals surface area (Å²) in [5.41, 5.74) is 2.60. The molecule has 0 radical (unpaired) electrons. The minimum atomic E-state index is -0.692. The third-order valence-electron chi connectivity index (χ3n) is 4.26. The van der Waals surface area contributed by atoms with E-state index in [0.29, 0.717) is 22.3 Å². The number of hydrogen-bond donors (Lipinski definition) is 1. The van der Waals surface area contributed by atoms with Crippen LogP contribution in [0.3, 0.4) is 0 Å². The highest BCUT2D eigenvalue weighted by molar-refractivity contribution is 6.33. The molecule has 0 amide bonds. The molecule has 1 aromatic heterocycles. The molecule has 2 heterocycles. The van der Waals surface area contributed by atoms with Gasteiger partial charge in [0.2, 0.25) is 0 Å². The second-order valence-electron chi connectivity index (χ2n) is 6.37. The van der Waals surface area contributed by atoms with Crippen molar-refractivity contribution in [1.29, 1.82) is 0 Å². The van der Waals surface area contributed by atoms with Crippen molar-refractivity contribution in [3.63, 3.8) is 0 Å². The topological polar surface area (TPSA) is 37.9 Å². The molecule has 3 nitrogen and oxygen atoms in total. The lowest BCUT2D eigenvalue weighted by molar-refractivity contribution is 0.101. The quantitative estimate of drug-likeness (QED) is 0.615. The zero-order chi connectivity index (χ0) is 17.8. The number of terminal acetylenes is 1. The number of aromatic nitrogens is 2. The highest BCUT2D eigenvalue weighted by atomic mass is 35.5. The molecule has 1 aliphatic heterocycles. The van der Waals surface area contributed by atoms with Crippen molar-refractivity contribution in [3.05, 3.63) is 58.5 Å². The van der Waals surface area contributed by atoms with Crippen molar-refractivity contribution < 1.29 is 9.13 Å². The molecule has 25 heavy (non-hydrogen) atoms. The van der Waals surface area contributed by atoms with Gasteiger partial charge in [-0.15, -0.1) is 6.42 Å². The van der Waals surface area contributed by atoms with E-state index < -0.39 is 11.4 Å². The Bertz CT molecular complexity index is 1030. The van der Waals surface area contributed by atoms with Gasteiger partial charge in [-0.3, -0.25) is 0 Å². The SMILES string of the molecule is C#Cc1ccc2c(c1)OC(C)(C)c1nc(-c3c(F)cccc3Cl)[nH]c1-2. The lowest BCUT2D eigenvalue weighted by Gasteiger charge is -2.31. The summed E-state index contributed by atoms with van der Waals surface area (Å²) in [5.74, 6) is 3.21. The average molecular weight is 353 g/mol. The number of benzene rings is 2. The van der Waals surface area contributed by atoms with E-state index in [1.165, 1.54) is 6.07 Å². The average Bonchev–Trinajstić information content (AvgIpc) is 3.00. The van der Waals surface area contributed by atoms with Crippen LogP contribution in [0, 0.1) is 18.2 Å². The zero-order valence-corrected chi connectivity index (χ0v) is 14.4. The van der Waals surface area contributed by atoms with Gasteiger partial charge >= 0.3 is 0 Å². The van der Waals surface area contributed by atoms with E-state index in [1.54, 1.807) is 12.1 Å². The molecule has 3 aromatic rings. The van der Waals surface area contributed by atoms with Gasteiger partial charge in [0.25, 0.3) is 0 Å². The Morgan fingerprint density at radius 2 is 2.08 bits per heavy atom. The molecule has 1 N–H and O–H groups in total. The Balaban J connectivity index is 1.96. The fourth-order valence-corrected chi connectivity index (χ4v) is 3.33. The maximum Gasteiger partial charge on any atom is 0.147 e. The summed E-state index contributed by atoms with van der Waals surface area (Å²) >= 11 is 6.19. The second kappa shape index (κ2) is 5.37. The van der Waals surface area contributed by atoms with Crippen LogP contribution in [-0.4, -0.2) is 9.97 Å². The van der Waals surface area contributed by atoms with E-state index in [9.17, 15) is 4.39 Å². The van der Waals surface area contributed by atoms with Crippen molar-refractivity contribution in [2.45, 2.75) is 19.4 Å². The van der Waals surface area contributed by atoms with E-state index in [0.717, 1.165) is 16.8 Å². The smallest absolute Gasteiger partial charge is 0.147 e. The van der Waals surface area contributed by atoms with Crippen molar-refractivity contribution in [2.24, 2.45) is 0 Å². The molecule has 2 aromatic carbocycles. The lowest BCUT2D eigenvalue weighted by atomic mass is 9.94. The number of ether oxygens (including phenoxy) is 1. The van der Waals surface area contributed by atoms with Crippen LogP contribution in [0.2, 0.25) is 5.02 Å². The van der Waals surface area contributed by atoms with Crippen LogP contribution in [0.5, 0.6) is 5.75 Å². The zero-order valence-electron chi connectivity index (χ0n) is 13.7. The Hall–Kier alpha value is -2.77. The van der Waals surface area contributed by atoms with Gasteiger partial charge in [0.15, 0.2) is 0 Å². The molecule has 124 valence electrons. The molecule has 5 heteroatoms. The number of nitrogens with zero attached hydrogens (tertiary/aromatic N) is 1. The number of halogens is 2. The van der Waals surface area contributed by atoms with Crippen molar-refractivity contribution in [2.75, 3.05) is 0 Å². The largest absolute Gasteiger partial charge is 0.481 e.